The van der Waals surface area contributed by atoms with Crippen LogP contribution in [0.5, 0.6) is 0 Å². The van der Waals surface area contributed by atoms with E-state index in [4.69, 9.17) is 23.8 Å². The maximum absolute atomic E-state index is 5.84. The van der Waals surface area contributed by atoms with Crippen molar-refractivity contribution in [1.29, 1.82) is 0 Å². The maximum atomic E-state index is 5.84. The minimum absolute atomic E-state index is 0.580. The third-order valence-electron chi connectivity index (χ3n) is 3.05. The molecular formula is C14H17ClN4S. The number of hydrogen-bond donors (Lipinski definition) is 2. The highest BCUT2D eigenvalue weighted by Crippen LogP contribution is 2.13. The van der Waals surface area contributed by atoms with Gasteiger partial charge in [0.05, 0.1) is 6.20 Å². The van der Waals surface area contributed by atoms with E-state index in [-0.39, 0.29) is 0 Å². The minimum Gasteiger partial charge on any atom is -0.358 e. The number of halogens is 1. The first-order valence-corrected chi connectivity index (χ1v) is 7.20. The van der Waals surface area contributed by atoms with Crippen molar-refractivity contribution in [2.45, 2.75) is 26.9 Å². The highest BCUT2D eigenvalue weighted by molar-refractivity contribution is 7.80. The van der Waals surface area contributed by atoms with Gasteiger partial charge < -0.3 is 10.6 Å². The lowest BCUT2D eigenvalue weighted by Gasteiger charge is -2.10. The third-order valence-corrected chi connectivity index (χ3v) is 3.54. The standard InChI is InChI=1S/C14H17ClN4S/c1-3-19-10(2)11(9-17-19)8-16-14(20)18-13-6-4-12(15)5-7-13/h4-7,9H,3,8H2,1-2H3,(H2,16,18,20). The molecule has 0 saturated heterocycles. The molecule has 0 aliphatic carbocycles. The molecule has 0 saturated carbocycles. The summed E-state index contributed by atoms with van der Waals surface area (Å²) in [7, 11) is 0. The second-order valence-corrected chi connectivity index (χ2v) is 5.23. The Morgan fingerprint density at radius 3 is 2.65 bits per heavy atom. The molecule has 20 heavy (non-hydrogen) atoms. The molecule has 0 bridgehead atoms. The van der Waals surface area contributed by atoms with Crippen molar-refractivity contribution >= 4 is 34.6 Å². The van der Waals surface area contributed by atoms with E-state index in [1.54, 1.807) is 0 Å². The van der Waals surface area contributed by atoms with Gasteiger partial charge in [-0.1, -0.05) is 11.6 Å². The number of aryl methyl sites for hydroxylation is 1. The van der Waals surface area contributed by atoms with Crippen LogP contribution in [0.1, 0.15) is 18.2 Å². The molecule has 0 aliphatic rings. The zero-order valence-electron chi connectivity index (χ0n) is 11.5. The van der Waals surface area contributed by atoms with Crippen LogP contribution >= 0.6 is 23.8 Å². The van der Waals surface area contributed by atoms with Crippen molar-refractivity contribution in [2.75, 3.05) is 5.32 Å². The van der Waals surface area contributed by atoms with Gasteiger partial charge in [-0.3, -0.25) is 4.68 Å². The smallest absolute Gasteiger partial charge is 0.171 e. The van der Waals surface area contributed by atoms with Crippen LogP contribution < -0.4 is 10.6 Å². The van der Waals surface area contributed by atoms with Gasteiger partial charge >= 0.3 is 0 Å². The molecule has 0 atom stereocenters. The normalized spacial score (nSPS) is 10.3. The lowest BCUT2D eigenvalue weighted by atomic mass is 10.2. The predicted octanol–water partition coefficient (Wildman–Crippen LogP) is 3.35. The monoisotopic (exact) mass is 308 g/mol. The van der Waals surface area contributed by atoms with Crippen molar-refractivity contribution in [3.8, 4) is 0 Å². The number of nitrogens with one attached hydrogen (secondary N) is 2. The van der Waals surface area contributed by atoms with E-state index in [0.29, 0.717) is 16.7 Å². The average molecular weight is 309 g/mol. The van der Waals surface area contributed by atoms with Gasteiger partial charge in [0.2, 0.25) is 0 Å². The molecular weight excluding hydrogens is 292 g/mol. The summed E-state index contributed by atoms with van der Waals surface area (Å²) in [5, 5.41) is 11.9. The van der Waals surface area contributed by atoms with E-state index in [9.17, 15) is 0 Å². The van der Waals surface area contributed by atoms with Crippen LogP contribution in [0.4, 0.5) is 5.69 Å². The van der Waals surface area contributed by atoms with Gasteiger partial charge in [0, 0.05) is 35.1 Å². The van der Waals surface area contributed by atoms with Crippen LogP contribution in [0.25, 0.3) is 0 Å². The summed E-state index contributed by atoms with van der Waals surface area (Å²) in [6.45, 7) is 5.66. The number of aromatic nitrogens is 2. The first-order valence-electron chi connectivity index (χ1n) is 6.42. The maximum Gasteiger partial charge on any atom is 0.171 e. The van der Waals surface area contributed by atoms with Crippen molar-refractivity contribution in [1.82, 2.24) is 15.1 Å². The molecule has 6 heteroatoms. The van der Waals surface area contributed by atoms with Gasteiger partial charge in [-0.2, -0.15) is 5.10 Å². The average Bonchev–Trinajstić information content (AvgIpc) is 2.79. The van der Waals surface area contributed by atoms with E-state index < -0.39 is 0 Å². The molecule has 0 spiro atoms. The zero-order valence-corrected chi connectivity index (χ0v) is 13.1. The highest BCUT2D eigenvalue weighted by atomic mass is 35.5. The lowest BCUT2D eigenvalue weighted by molar-refractivity contribution is 0.638. The summed E-state index contributed by atoms with van der Waals surface area (Å²) < 4.78 is 1.96. The Morgan fingerprint density at radius 1 is 1.35 bits per heavy atom. The van der Waals surface area contributed by atoms with Gasteiger partial charge in [-0.25, -0.2) is 0 Å². The molecule has 2 rings (SSSR count). The van der Waals surface area contributed by atoms with E-state index in [1.807, 2.05) is 35.1 Å². The van der Waals surface area contributed by atoms with Gasteiger partial charge in [-0.05, 0) is 50.3 Å². The number of hydrogen-bond acceptors (Lipinski definition) is 2. The van der Waals surface area contributed by atoms with Crippen molar-refractivity contribution in [2.24, 2.45) is 0 Å². The Kier molecular flexibility index (Phi) is 4.98. The number of benzene rings is 1. The predicted molar refractivity (Wildman–Crippen MR) is 87.2 cm³/mol. The second-order valence-electron chi connectivity index (χ2n) is 4.39. The topological polar surface area (TPSA) is 41.9 Å². The van der Waals surface area contributed by atoms with Gasteiger partial charge in [0.1, 0.15) is 0 Å². The van der Waals surface area contributed by atoms with Crippen LogP contribution in [-0.2, 0) is 13.1 Å². The number of rotatable bonds is 4. The Bertz CT molecular complexity index is 592. The van der Waals surface area contributed by atoms with Gasteiger partial charge in [-0.15, -0.1) is 0 Å². The van der Waals surface area contributed by atoms with Crippen LogP contribution in [0.2, 0.25) is 5.02 Å². The molecule has 106 valence electrons. The summed E-state index contributed by atoms with van der Waals surface area (Å²) in [4.78, 5) is 0. The molecule has 4 nitrogen and oxygen atoms in total. The van der Waals surface area contributed by atoms with Crippen LogP contribution in [0.3, 0.4) is 0 Å². The molecule has 1 aromatic heterocycles. The summed E-state index contributed by atoms with van der Waals surface area (Å²) in [5.74, 6) is 0. The Balaban J connectivity index is 1.88. The van der Waals surface area contributed by atoms with Crippen molar-refractivity contribution in [3.05, 3.63) is 46.7 Å². The molecule has 0 amide bonds. The quantitative estimate of drug-likeness (QED) is 0.850. The SMILES string of the molecule is CCn1ncc(CNC(=S)Nc2ccc(Cl)cc2)c1C. The molecule has 0 aliphatic heterocycles. The second kappa shape index (κ2) is 6.72. The molecule has 2 aromatic rings. The van der Waals surface area contributed by atoms with Crippen LogP contribution in [0.15, 0.2) is 30.5 Å². The number of anilines is 1. The van der Waals surface area contributed by atoms with Crippen molar-refractivity contribution < 1.29 is 0 Å². The Labute approximate surface area is 129 Å². The molecule has 1 aromatic carbocycles. The van der Waals surface area contributed by atoms with E-state index >= 15 is 0 Å². The minimum atomic E-state index is 0.580. The first-order chi connectivity index (χ1) is 9.60. The molecule has 0 fully saturated rings. The Hall–Kier alpha value is -1.59. The van der Waals surface area contributed by atoms with E-state index in [0.717, 1.165) is 23.5 Å². The van der Waals surface area contributed by atoms with Crippen molar-refractivity contribution in [3.63, 3.8) is 0 Å². The van der Waals surface area contributed by atoms with Gasteiger partial charge in [0.25, 0.3) is 0 Å². The molecule has 2 N–H and O–H groups in total. The van der Waals surface area contributed by atoms with Crippen LogP contribution in [-0.4, -0.2) is 14.9 Å². The van der Waals surface area contributed by atoms with E-state index in [2.05, 4.69) is 29.6 Å². The zero-order chi connectivity index (χ0) is 14.5. The fourth-order valence-corrected chi connectivity index (χ4v) is 2.18. The number of nitrogens with zero attached hydrogens (tertiary/aromatic N) is 2. The summed E-state index contributed by atoms with van der Waals surface area (Å²) in [6, 6.07) is 7.41. The molecule has 0 radical (unpaired) electrons. The van der Waals surface area contributed by atoms with Crippen LogP contribution in [0, 0.1) is 6.92 Å². The third kappa shape index (κ3) is 3.71. The molecule has 0 unspecified atom stereocenters. The summed E-state index contributed by atoms with van der Waals surface area (Å²) in [6.07, 6.45) is 1.87. The largest absolute Gasteiger partial charge is 0.358 e. The summed E-state index contributed by atoms with van der Waals surface area (Å²) in [5.41, 5.74) is 3.22. The fourth-order valence-electron chi connectivity index (χ4n) is 1.86. The lowest BCUT2D eigenvalue weighted by Crippen LogP contribution is -2.28. The highest BCUT2D eigenvalue weighted by Gasteiger charge is 2.05. The summed E-state index contributed by atoms with van der Waals surface area (Å²) >= 11 is 11.1. The fraction of sp³-hybridized carbons (Fsp3) is 0.286. The Morgan fingerprint density at radius 2 is 2.05 bits per heavy atom. The molecule has 1 heterocycles. The van der Waals surface area contributed by atoms with Gasteiger partial charge in [0.15, 0.2) is 5.11 Å². The number of thiocarbonyl (C=S) groups is 1. The first kappa shape index (κ1) is 14.8. The van der Waals surface area contributed by atoms with E-state index in [1.165, 1.54) is 0 Å².